The van der Waals surface area contributed by atoms with Gasteiger partial charge in [-0.15, -0.1) is 0 Å². The first-order valence-corrected chi connectivity index (χ1v) is 4.15. The molecule has 0 N–H and O–H groups in total. The van der Waals surface area contributed by atoms with E-state index in [4.69, 9.17) is 34.8 Å². The second-order valence-electron chi connectivity index (χ2n) is 1.47. The van der Waals surface area contributed by atoms with Gasteiger partial charge in [0.25, 0.3) is 0 Å². The molecular formula is C5H7Cl3S. The van der Waals surface area contributed by atoms with E-state index >= 15 is 0 Å². The summed E-state index contributed by atoms with van der Waals surface area (Å²) in [6.45, 7) is 0. The van der Waals surface area contributed by atoms with Crippen LogP contribution in [0.4, 0.5) is 0 Å². The molecule has 0 spiro atoms. The molecule has 0 radical (unpaired) electrons. The number of halogens is 3. The summed E-state index contributed by atoms with van der Waals surface area (Å²) in [7, 11) is 0. The van der Waals surface area contributed by atoms with E-state index in [1.165, 1.54) is 0 Å². The van der Waals surface area contributed by atoms with Crippen LogP contribution in [0.15, 0.2) is 12.2 Å². The van der Waals surface area contributed by atoms with E-state index in [9.17, 15) is 0 Å². The summed E-state index contributed by atoms with van der Waals surface area (Å²) in [5.74, 6) is 0.681. The van der Waals surface area contributed by atoms with Crippen LogP contribution in [0.1, 0.15) is 6.42 Å². The van der Waals surface area contributed by atoms with Crippen LogP contribution in [0.5, 0.6) is 0 Å². The van der Waals surface area contributed by atoms with Crippen molar-refractivity contribution in [3.8, 4) is 0 Å². The summed E-state index contributed by atoms with van der Waals surface area (Å²) in [6, 6.07) is 0. The smallest absolute Gasteiger partial charge is 0.175 e. The quantitative estimate of drug-likeness (QED) is 0.399. The standard InChI is InChI=1S/C5H7Cl3S/c6-5(7,8)3-1-2-4-9/h1-2,9H,3-4H2/b2-1+. The highest BCUT2D eigenvalue weighted by Gasteiger charge is 2.15. The van der Waals surface area contributed by atoms with Gasteiger partial charge in [-0.3, -0.25) is 0 Å². The third kappa shape index (κ3) is 8.96. The highest BCUT2D eigenvalue weighted by Crippen LogP contribution is 2.30. The molecule has 4 heteroatoms. The predicted molar refractivity (Wildman–Crippen MR) is 47.9 cm³/mol. The molecule has 0 bridgehead atoms. The molecule has 0 aliphatic carbocycles. The van der Waals surface area contributed by atoms with E-state index in [0.29, 0.717) is 12.2 Å². The Balaban J connectivity index is 3.38. The fraction of sp³-hybridized carbons (Fsp3) is 0.600. The highest BCUT2D eigenvalue weighted by molar-refractivity contribution is 7.80. The lowest BCUT2D eigenvalue weighted by Crippen LogP contribution is -1.97. The summed E-state index contributed by atoms with van der Waals surface area (Å²) in [4.78, 5) is 0. The first-order chi connectivity index (χ1) is 4.06. The SMILES string of the molecule is SC/C=C/CC(Cl)(Cl)Cl. The van der Waals surface area contributed by atoms with Crippen LogP contribution in [-0.4, -0.2) is 9.55 Å². The van der Waals surface area contributed by atoms with Crippen molar-refractivity contribution in [1.29, 1.82) is 0 Å². The minimum atomic E-state index is -1.15. The molecule has 0 amide bonds. The fourth-order valence-corrected chi connectivity index (χ4v) is 0.708. The van der Waals surface area contributed by atoms with Crippen LogP contribution in [0.3, 0.4) is 0 Å². The van der Waals surface area contributed by atoms with E-state index in [-0.39, 0.29) is 0 Å². The maximum Gasteiger partial charge on any atom is 0.194 e. The van der Waals surface area contributed by atoms with Gasteiger partial charge in [-0.25, -0.2) is 0 Å². The number of hydrogen-bond acceptors (Lipinski definition) is 1. The molecule has 0 aromatic heterocycles. The maximum atomic E-state index is 5.42. The zero-order chi connectivity index (χ0) is 7.33. The van der Waals surface area contributed by atoms with Gasteiger partial charge in [-0.05, 0) is 0 Å². The molecule has 54 valence electrons. The Morgan fingerprint density at radius 1 is 1.22 bits per heavy atom. The molecule has 0 heterocycles. The zero-order valence-electron chi connectivity index (χ0n) is 4.65. The van der Waals surface area contributed by atoms with Gasteiger partial charge < -0.3 is 0 Å². The van der Waals surface area contributed by atoms with Gasteiger partial charge in [-0.1, -0.05) is 47.0 Å². The minimum absolute atomic E-state index is 0.443. The lowest BCUT2D eigenvalue weighted by atomic mass is 10.4. The molecular weight excluding hydrogens is 198 g/mol. The third-order valence-electron chi connectivity index (χ3n) is 0.621. The van der Waals surface area contributed by atoms with Gasteiger partial charge in [0, 0.05) is 12.2 Å². The van der Waals surface area contributed by atoms with E-state index < -0.39 is 3.79 Å². The molecule has 0 saturated heterocycles. The van der Waals surface area contributed by atoms with Crippen LogP contribution >= 0.6 is 47.4 Å². The van der Waals surface area contributed by atoms with Crippen molar-refractivity contribution >= 4 is 47.4 Å². The van der Waals surface area contributed by atoms with Crippen molar-refractivity contribution in [3.63, 3.8) is 0 Å². The minimum Gasteiger partial charge on any atom is -0.175 e. The zero-order valence-corrected chi connectivity index (χ0v) is 7.81. The van der Waals surface area contributed by atoms with E-state index in [1.54, 1.807) is 6.08 Å². The molecule has 0 nitrogen and oxygen atoms in total. The Bertz CT molecular complexity index is 94.9. The van der Waals surface area contributed by atoms with Crippen molar-refractivity contribution in [3.05, 3.63) is 12.2 Å². The molecule has 0 rings (SSSR count). The fourth-order valence-electron chi connectivity index (χ4n) is 0.291. The van der Waals surface area contributed by atoms with Crippen LogP contribution in [-0.2, 0) is 0 Å². The summed E-state index contributed by atoms with van der Waals surface area (Å²) in [6.07, 6.45) is 4.07. The Morgan fingerprint density at radius 3 is 2.11 bits per heavy atom. The molecule has 0 aromatic carbocycles. The van der Waals surface area contributed by atoms with Gasteiger partial charge in [-0.2, -0.15) is 12.6 Å². The van der Waals surface area contributed by atoms with Crippen molar-refractivity contribution in [1.82, 2.24) is 0 Å². The second kappa shape index (κ2) is 4.73. The normalized spacial score (nSPS) is 12.9. The first-order valence-electron chi connectivity index (χ1n) is 2.39. The molecule has 0 unspecified atom stereocenters. The van der Waals surface area contributed by atoms with Crippen molar-refractivity contribution in [2.24, 2.45) is 0 Å². The van der Waals surface area contributed by atoms with Crippen LogP contribution in [0, 0.1) is 0 Å². The lowest BCUT2D eigenvalue weighted by molar-refractivity contribution is 1.07. The van der Waals surface area contributed by atoms with Crippen molar-refractivity contribution < 1.29 is 0 Å². The van der Waals surface area contributed by atoms with Crippen LogP contribution < -0.4 is 0 Å². The summed E-state index contributed by atoms with van der Waals surface area (Å²) in [5.41, 5.74) is 0. The van der Waals surface area contributed by atoms with Gasteiger partial charge in [0.2, 0.25) is 0 Å². The Kier molecular flexibility index (Phi) is 5.23. The van der Waals surface area contributed by atoms with E-state index in [0.717, 1.165) is 0 Å². The molecule has 0 saturated carbocycles. The predicted octanol–water partition coefficient (Wildman–Crippen LogP) is 3.23. The molecule has 0 atom stereocenters. The van der Waals surface area contributed by atoms with E-state index in [2.05, 4.69) is 12.6 Å². The molecule has 9 heavy (non-hydrogen) atoms. The second-order valence-corrected chi connectivity index (χ2v) is 4.35. The van der Waals surface area contributed by atoms with Crippen LogP contribution in [0.2, 0.25) is 0 Å². The topological polar surface area (TPSA) is 0 Å². The average Bonchev–Trinajstić information content (AvgIpc) is 1.63. The van der Waals surface area contributed by atoms with Gasteiger partial charge in [0.15, 0.2) is 3.79 Å². The Morgan fingerprint density at radius 2 is 1.78 bits per heavy atom. The summed E-state index contributed by atoms with van der Waals surface area (Å²) < 4.78 is -1.15. The van der Waals surface area contributed by atoms with Crippen molar-refractivity contribution in [2.75, 3.05) is 5.75 Å². The molecule has 0 aliphatic heterocycles. The third-order valence-corrected chi connectivity index (χ3v) is 1.30. The van der Waals surface area contributed by atoms with Gasteiger partial charge >= 0.3 is 0 Å². The maximum absolute atomic E-state index is 5.42. The largest absolute Gasteiger partial charge is 0.194 e. The van der Waals surface area contributed by atoms with E-state index in [1.807, 2.05) is 6.08 Å². The van der Waals surface area contributed by atoms with Crippen molar-refractivity contribution in [2.45, 2.75) is 10.2 Å². The molecule has 0 fully saturated rings. The number of thiol groups is 1. The molecule has 0 aromatic rings. The summed E-state index contributed by atoms with van der Waals surface area (Å²) >= 11 is 20.2. The number of hydrogen-bond donors (Lipinski definition) is 1. The number of alkyl halides is 3. The first kappa shape index (κ1) is 9.96. The monoisotopic (exact) mass is 204 g/mol. The lowest BCUT2D eigenvalue weighted by Gasteiger charge is -2.04. The average molecular weight is 206 g/mol. The summed E-state index contributed by atoms with van der Waals surface area (Å²) in [5, 5.41) is 0. The van der Waals surface area contributed by atoms with Gasteiger partial charge in [0.1, 0.15) is 0 Å². The Hall–Kier alpha value is 0.960. The van der Waals surface area contributed by atoms with Crippen LogP contribution in [0.25, 0.3) is 0 Å². The number of rotatable bonds is 2. The van der Waals surface area contributed by atoms with Gasteiger partial charge in [0.05, 0.1) is 0 Å². The molecule has 0 aliphatic rings. The highest BCUT2D eigenvalue weighted by atomic mass is 35.6. The Labute approximate surface area is 75.6 Å². The number of allylic oxidation sites excluding steroid dienone is 1.